The van der Waals surface area contributed by atoms with Crippen molar-refractivity contribution in [2.75, 3.05) is 38.6 Å². The van der Waals surface area contributed by atoms with Crippen molar-refractivity contribution >= 4 is 17.3 Å². The third-order valence-electron chi connectivity index (χ3n) is 3.53. The van der Waals surface area contributed by atoms with E-state index in [-0.39, 0.29) is 17.6 Å². The minimum absolute atomic E-state index is 0.0169. The van der Waals surface area contributed by atoms with Gasteiger partial charge >= 0.3 is 0 Å². The number of nitro benzene ring substituents is 1. The summed E-state index contributed by atoms with van der Waals surface area (Å²) in [6, 6.07) is 4.97. The molecule has 0 saturated carbocycles. The first-order valence-corrected chi connectivity index (χ1v) is 6.88. The van der Waals surface area contributed by atoms with Crippen molar-refractivity contribution in [2.24, 2.45) is 0 Å². The van der Waals surface area contributed by atoms with Crippen LogP contribution in [0, 0.1) is 10.1 Å². The summed E-state index contributed by atoms with van der Waals surface area (Å²) in [7, 11) is 3.25. The number of benzene rings is 1. The fourth-order valence-corrected chi connectivity index (χ4v) is 2.48. The van der Waals surface area contributed by atoms with Crippen molar-refractivity contribution in [2.45, 2.75) is 13.0 Å². The molecule has 1 aromatic carbocycles. The van der Waals surface area contributed by atoms with E-state index in [0.29, 0.717) is 24.3 Å². The molecule has 1 fully saturated rings. The van der Waals surface area contributed by atoms with Gasteiger partial charge in [0.25, 0.3) is 11.6 Å². The van der Waals surface area contributed by atoms with Crippen LogP contribution >= 0.6 is 0 Å². The number of piperazine rings is 1. The second-order valence-electron chi connectivity index (χ2n) is 5.46. The lowest BCUT2D eigenvalue weighted by molar-refractivity contribution is -0.384. The topological polar surface area (TPSA) is 78.7 Å². The highest BCUT2D eigenvalue weighted by atomic mass is 16.6. The van der Waals surface area contributed by atoms with Crippen LogP contribution in [-0.2, 0) is 0 Å². The first-order valence-electron chi connectivity index (χ1n) is 6.88. The number of nitro groups is 1. The molecule has 1 saturated heterocycles. The van der Waals surface area contributed by atoms with Crippen LogP contribution in [0.5, 0.6) is 0 Å². The third kappa shape index (κ3) is 3.30. The number of rotatable bonds is 3. The van der Waals surface area contributed by atoms with Crippen molar-refractivity contribution in [3.63, 3.8) is 0 Å². The number of nitrogens with zero attached hydrogens (tertiary/aromatic N) is 3. The summed E-state index contributed by atoms with van der Waals surface area (Å²) in [5.74, 6) is -0.238. The molecule has 0 aliphatic carbocycles. The lowest BCUT2D eigenvalue weighted by Crippen LogP contribution is -2.49. The van der Waals surface area contributed by atoms with Gasteiger partial charge in [0.1, 0.15) is 5.69 Å². The van der Waals surface area contributed by atoms with E-state index in [0.717, 1.165) is 6.54 Å². The Hall–Kier alpha value is -2.15. The van der Waals surface area contributed by atoms with Gasteiger partial charge in [0, 0.05) is 51.4 Å². The van der Waals surface area contributed by atoms with Crippen LogP contribution < -0.4 is 10.2 Å². The summed E-state index contributed by atoms with van der Waals surface area (Å²) < 4.78 is 0. The minimum atomic E-state index is -0.422. The number of hydrogen-bond donors (Lipinski definition) is 1. The van der Waals surface area contributed by atoms with Crippen LogP contribution in [0.4, 0.5) is 11.4 Å². The maximum absolute atomic E-state index is 11.9. The first kappa shape index (κ1) is 15.2. The molecule has 7 heteroatoms. The zero-order valence-electron chi connectivity index (χ0n) is 12.5. The number of amides is 1. The molecular formula is C14H20N4O3. The van der Waals surface area contributed by atoms with E-state index in [4.69, 9.17) is 0 Å². The Balaban J connectivity index is 2.38. The van der Waals surface area contributed by atoms with E-state index in [1.807, 2.05) is 11.8 Å². The largest absolute Gasteiger partial charge is 0.363 e. The fourth-order valence-electron chi connectivity index (χ4n) is 2.48. The highest BCUT2D eigenvalue weighted by molar-refractivity contribution is 5.95. The van der Waals surface area contributed by atoms with E-state index < -0.39 is 4.92 Å². The molecule has 1 aromatic rings. The molecule has 21 heavy (non-hydrogen) atoms. The smallest absolute Gasteiger partial charge is 0.293 e. The van der Waals surface area contributed by atoms with Gasteiger partial charge in [0.05, 0.1) is 4.92 Å². The molecule has 1 heterocycles. The second-order valence-corrected chi connectivity index (χ2v) is 5.46. The first-order chi connectivity index (χ1) is 9.90. The number of carbonyl (C=O) groups excluding carboxylic acids is 1. The average Bonchev–Trinajstić information content (AvgIpc) is 2.45. The predicted molar refractivity (Wildman–Crippen MR) is 80.8 cm³/mol. The summed E-state index contributed by atoms with van der Waals surface area (Å²) in [4.78, 5) is 26.2. The highest BCUT2D eigenvalue weighted by Gasteiger charge is 2.25. The van der Waals surface area contributed by atoms with Gasteiger partial charge in [-0.1, -0.05) is 0 Å². The lowest BCUT2D eigenvalue weighted by Gasteiger charge is -2.33. The highest BCUT2D eigenvalue weighted by Crippen LogP contribution is 2.30. The van der Waals surface area contributed by atoms with Gasteiger partial charge in [-0.3, -0.25) is 14.9 Å². The monoisotopic (exact) mass is 292 g/mol. The van der Waals surface area contributed by atoms with Gasteiger partial charge in [0.2, 0.25) is 0 Å². The van der Waals surface area contributed by atoms with Gasteiger partial charge in [-0.25, -0.2) is 0 Å². The van der Waals surface area contributed by atoms with E-state index >= 15 is 0 Å². The summed E-state index contributed by atoms with van der Waals surface area (Å²) >= 11 is 0. The van der Waals surface area contributed by atoms with Gasteiger partial charge in [-0.2, -0.15) is 0 Å². The van der Waals surface area contributed by atoms with Gasteiger partial charge in [-0.05, 0) is 19.1 Å². The predicted octanol–water partition coefficient (Wildman–Crippen LogP) is 1.09. The number of nitrogens with one attached hydrogen (secondary N) is 1. The van der Waals surface area contributed by atoms with Gasteiger partial charge in [-0.15, -0.1) is 0 Å². The average molecular weight is 292 g/mol. The normalized spacial score (nSPS) is 18.4. The van der Waals surface area contributed by atoms with Crippen LogP contribution in [0.3, 0.4) is 0 Å². The van der Waals surface area contributed by atoms with E-state index in [9.17, 15) is 14.9 Å². The maximum atomic E-state index is 11.9. The van der Waals surface area contributed by atoms with E-state index in [2.05, 4.69) is 5.32 Å². The van der Waals surface area contributed by atoms with Crippen molar-refractivity contribution in [3.05, 3.63) is 33.9 Å². The Labute approximate surface area is 123 Å². The molecule has 1 N–H and O–H groups in total. The molecule has 114 valence electrons. The molecule has 1 atom stereocenters. The Bertz CT molecular complexity index is 559. The zero-order valence-corrected chi connectivity index (χ0v) is 12.5. The summed E-state index contributed by atoms with van der Waals surface area (Å²) in [6.45, 7) is 4.26. The number of hydrogen-bond acceptors (Lipinski definition) is 5. The molecule has 1 aliphatic rings. The van der Waals surface area contributed by atoms with Crippen molar-refractivity contribution < 1.29 is 9.72 Å². The van der Waals surface area contributed by atoms with Crippen LogP contribution in [0.1, 0.15) is 17.3 Å². The van der Waals surface area contributed by atoms with E-state index in [1.54, 1.807) is 26.2 Å². The summed E-state index contributed by atoms with van der Waals surface area (Å²) in [5.41, 5.74) is 0.888. The second kappa shape index (κ2) is 6.09. The van der Waals surface area contributed by atoms with Crippen LogP contribution in [0.25, 0.3) is 0 Å². The fraction of sp³-hybridized carbons (Fsp3) is 0.500. The number of carbonyl (C=O) groups is 1. The Morgan fingerprint density at radius 3 is 2.76 bits per heavy atom. The molecule has 0 spiro atoms. The minimum Gasteiger partial charge on any atom is -0.363 e. The van der Waals surface area contributed by atoms with E-state index in [1.165, 1.54) is 11.0 Å². The quantitative estimate of drug-likeness (QED) is 0.666. The van der Waals surface area contributed by atoms with Gasteiger partial charge < -0.3 is 15.1 Å². The third-order valence-corrected chi connectivity index (χ3v) is 3.53. The van der Waals surface area contributed by atoms with Gasteiger partial charge in [0.15, 0.2) is 0 Å². The van der Waals surface area contributed by atoms with Crippen LogP contribution in [0.15, 0.2) is 18.2 Å². The number of anilines is 1. The molecule has 0 radical (unpaired) electrons. The van der Waals surface area contributed by atoms with Crippen LogP contribution in [-0.4, -0.2) is 55.5 Å². The molecule has 1 aliphatic heterocycles. The SMILES string of the molecule is C[C@@H]1CN(c2ccc(C(=O)N(C)C)cc2[N+](=O)[O-])CCN1. The standard InChI is InChI=1S/C14H20N4O3/c1-10-9-17(7-6-15-10)12-5-4-11(14(19)16(2)3)8-13(12)18(20)21/h4-5,8,10,15H,6-7,9H2,1-3H3/t10-/m1/s1. The Morgan fingerprint density at radius 2 is 2.19 bits per heavy atom. The van der Waals surface area contributed by atoms with Crippen molar-refractivity contribution in [3.8, 4) is 0 Å². The Morgan fingerprint density at radius 1 is 1.48 bits per heavy atom. The Kier molecular flexibility index (Phi) is 4.42. The molecule has 0 bridgehead atoms. The molecular weight excluding hydrogens is 272 g/mol. The van der Waals surface area contributed by atoms with Crippen molar-refractivity contribution in [1.29, 1.82) is 0 Å². The zero-order chi connectivity index (χ0) is 15.6. The van der Waals surface area contributed by atoms with Crippen LogP contribution in [0.2, 0.25) is 0 Å². The molecule has 1 amide bonds. The molecule has 7 nitrogen and oxygen atoms in total. The lowest BCUT2D eigenvalue weighted by atomic mass is 10.1. The molecule has 0 unspecified atom stereocenters. The summed E-state index contributed by atoms with van der Waals surface area (Å²) in [6.07, 6.45) is 0. The molecule has 0 aromatic heterocycles. The maximum Gasteiger partial charge on any atom is 0.293 e. The summed E-state index contributed by atoms with van der Waals surface area (Å²) in [5, 5.41) is 14.6. The van der Waals surface area contributed by atoms with Crippen molar-refractivity contribution in [1.82, 2.24) is 10.2 Å². The molecule has 2 rings (SSSR count).